The van der Waals surface area contributed by atoms with Crippen LogP contribution in [0.15, 0.2) is 54.9 Å². The number of nitrogens with one attached hydrogen (secondary N) is 2. The summed E-state index contributed by atoms with van der Waals surface area (Å²) in [6, 6.07) is 13.5. The molecule has 1 amide bonds. The molecule has 1 aromatic heterocycles. The summed E-state index contributed by atoms with van der Waals surface area (Å²) in [7, 11) is 0. The van der Waals surface area contributed by atoms with Gasteiger partial charge in [0.05, 0.1) is 24.7 Å². The molecule has 0 fully saturated rings. The number of nitrogens with zero attached hydrogens (tertiary/aromatic N) is 2. The van der Waals surface area contributed by atoms with E-state index in [0.717, 1.165) is 28.3 Å². The number of hydrogen-bond acceptors (Lipinski definition) is 5. The SMILES string of the molecule is CCOc1ccccc1Nc1cnc(C(=O)Nc2cc(C)ccc2C)cn1. The van der Waals surface area contributed by atoms with Crippen molar-refractivity contribution < 1.29 is 9.53 Å². The minimum Gasteiger partial charge on any atom is -0.492 e. The average Bonchev–Trinajstić information content (AvgIpc) is 2.67. The zero-order valence-electron chi connectivity index (χ0n) is 15.6. The molecule has 0 radical (unpaired) electrons. The van der Waals surface area contributed by atoms with Gasteiger partial charge >= 0.3 is 0 Å². The van der Waals surface area contributed by atoms with Crippen molar-refractivity contribution in [2.45, 2.75) is 20.8 Å². The number of benzene rings is 2. The van der Waals surface area contributed by atoms with E-state index in [0.29, 0.717) is 12.4 Å². The Morgan fingerprint density at radius 2 is 1.85 bits per heavy atom. The maximum absolute atomic E-state index is 12.4. The summed E-state index contributed by atoms with van der Waals surface area (Å²) in [6.45, 7) is 6.43. The fourth-order valence-corrected chi connectivity index (χ4v) is 2.56. The molecule has 0 bridgehead atoms. The molecule has 0 saturated heterocycles. The highest BCUT2D eigenvalue weighted by molar-refractivity contribution is 6.03. The molecule has 0 atom stereocenters. The van der Waals surface area contributed by atoms with Gasteiger partial charge in [0.25, 0.3) is 5.91 Å². The normalized spacial score (nSPS) is 10.3. The van der Waals surface area contributed by atoms with Crippen LogP contribution in [0.25, 0.3) is 0 Å². The van der Waals surface area contributed by atoms with Gasteiger partial charge in [-0.2, -0.15) is 0 Å². The van der Waals surface area contributed by atoms with Crippen molar-refractivity contribution in [1.29, 1.82) is 0 Å². The van der Waals surface area contributed by atoms with E-state index in [1.807, 2.05) is 63.2 Å². The molecule has 27 heavy (non-hydrogen) atoms. The predicted molar refractivity (Wildman–Crippen MR) is 107 cm³/mol. The molecule has 0 aliphatic carbocycles. The average molecular weight is 362 g/mol. The second kappa shape index (κ2) is 8.31. The second-order valence-corrected chi connectivity index (χ2v) is 6.11. The molecule has 0 spiro atoms. The van der Waals surface area contributed by atoms with Crippen LogP contribution in [0.2, 0.25) is 0 Å². The fraction of sp³-hybridized carbons (Fsp3) is 0.190. The molecular weight excluding hydrogens is 340 g/mol. The van der Waals surface area contributed by atoms with E-state index in [1.165, 1.54) is 12.4 Å². The standard InChI is InChI=1S/C21H22N4O2/c1-4-27-19-8-6-5-7-16(19)24-20-13-22-18(12-23-20)21(26)25-17-11-14(2)9-10-15(17)3/h5-13H,4H2,1-3H3,(H,23,24)(H,25,26). The number of hydrogen-bond donors (Lipinski definition) is 2. The molecule has 0 aliphatic heterocycles. The Kier molecular flexibility index (Phi) is 5.66. The Balaban J connectivity index is 1.72. The lowest BCUT2D eigenvalue weighted by Gasteiger charge is -2.12. The third kappa shape index (κ3) is 4.61. The molecule has 138 valence electrons. The third-order valence-electron chi connectivity index (χ3n) is 3.98. The summed E-state index contributed by atoms with van der Waals surface area (Å²) in [5.74, 6) is 0.974. The van der Waals surface area contributed by atoms with Gasteiger partial charge in [-0.05, 0) is 50.1 Å². The second-order valence-electron chi connectivity index (χ2n) is 6.11. The summed E-state index contributed by atoms with van der Waals surface area (Å²) in [4.78, 5) is 20.9. The lowest BCUT2D eigenvalue weighted by Crippen LogP contribution is -2.15. The summed E-state index contributed by atoms with van der Waals surface area (Å²) >= 11 is 0. The van der Waals surface area contributed by atoms with E-state index in [1.54, 1.807) is 0 Å². The Bertz CT molecular complexity index is 939. The largest absolute Gasteiger partial charge is 0.492 e. The predicted octanol–water partition coefficient (Wildman–Crippen LogP) is 4.49. The number of carbonyl (C=O) groups excluding carboxylic acids is 1. The van der Waals surface area contributed by atoms with Crippen molar-refractivity contribution in [2.75, 3.05) is 17.2 Å². The van der Waals surface area contributed by atoms with E-state index >= 15 is 0 Å². The quantitative estimate of drug-likeness (QED) is 0.676. The van der Waals surface area contributed by atoms with Crippen LogP contribution < -0.4 is 15.4 Å². The van der Waals surface area contributed by atoms with Gasteiger partial charge < -0.3 is 15.4 Å². The highest BCUT2D eigenvalue weighted by Gasteiger charge is 2.11. The van der Waals surface area contributed by atoms with Crippen LogP contribution in [-0.2, 0) is 0 Å². The number of ether oxygens (including phenoxy) is 1. The van der Waals surface area contributed by atoms with Gasteiger partial charge in [-0.3, -0.25) is 4.79 Å². The van der Waals surface area contributed by atoms with Gasteiger partial charge in [-0.25, -0.2) is 9.97 Å². The Labute approximate surface area is 158 Å². The molecule has 0 aliphatic rings. The summed E-state index contributed by atoms with van der Waals surface area (Å²) in [6.07, 6.45) is 2.98. The van der Waals surface area contributed by atoms with E-state index < -0.39 is 0 Å². The summed E-state index contributed by atoms with van der Waals surface area (Å²) < 4.78 is 5.58. The maximum atomic E-state index is 12.4. The van der Waals surface area contributed by atoms with Gasteiger partial charge in [0.15, 0.2) is 0 Å². The zero-order chi connectivity index (χ0) is 19.2. The van der Waals surface area contributed by atoms with Crippen molar-refractivity contribution in [3.05, 3.63) is 71.7 Å². The molecular formula is C21H22N4O2. The first-order chi connectivity index (χ1) is 13.1. The van der Waals surface area contributed by atoms with Gasteiger partial charge in [0, 0.05) is 5.69 Å². The van der Waals surface area contributed by atoms with Crippen molar-refractivity contribution in [3.8, 4) is 5.75 Å². The third-order valence-corrected chi connectivity index (χ3v) is 3.98. The minimum atomic E-state index is -0.294. The summed E-state index contributed by atoms with van der Waals surface area (Å²) in [5.41, 5.74) is 3.89. The number of aryl methyl sites for hydroxylation is 2. The first-order valence-electron chi connectivity index (χ1n) is 8.76. The monoisotopic (exact) mass is 362 g/mol. The maximum Gasteiger partial charge on any atom is 0.275 e. The molecule has 1 heterocycles. The molecule has 3 aromatic rings. The number of rotatable bonds is 6. The van der Waals surface area contributed by atoms with E-state index in [4.69, 9.17) is 4.74 Å². The van der Waals surface area contributed by atoms with E-state index in [-0.39, 0.29) is 11.6 Å². The van der Waals surface area contributed by atoms with Gasteiger partial charge in [-0.1, -0.05) is 24.3 Å². The Morgan fingerprint density at radius 3 is 2.59 bits per heavy atom. The number of anilines is 3. The number of aromatic nitrogens is 2. The van der Waals surface area contributed by atoms with Gasteiger partial charge in [0.1, 0.15) is 17.3 Å². The first-order valence-corrected chi connectivity index (χ1v) is 8.76. The van der Waals surface area contributed by atoms with Crippen LogP contribution in [0.5, 0.6) is 5.75 Å². The Morgan fingerprint density at radius 1 is 1.04 bits per heavy atom. The van der Waals surface area contributed by atoms with Crippen LogP contribution in [0, 0.1) is 13.8 Å². The number of para-hydroxylation sites is 2. The zero-order valence-corrected chi connectivity index (χ0v) is 15.6. The number of amides is 1. The topological polar surface area (TPSA) is 76.1 Å². The molecule has 6 heteroatoms. The van der Waals surface area contributed by atoms with Crippen molar-refractivity contribution in [3.63, 3.8) is 0 Å². The fourth-order valence-electron chi connectivity index (χ4n) is 2.56. The van der Waals surface area contributed by atoms with Crippen molar-refractivity contribution in [1.82, 2.24) is 9.97 Å². The van der Waals surface area contributed by atoms with Gasteiger partial charge in [-0.15, -0.1) is 0 Å². The molecule has 2 N–H and O–H groups in total. The van der Waals surface area contributed by atoms with Crippen molar-refractivity contribution in [2.24, 2.45) is 0 Å². The minimum absolute atomic E-state index is 0.250. The van der Waals surface area contributed by atoms with Crippen LogP contribution in [0.1, 0.15) is 28.5 Å². The van der Waals surface area contributed by atoms with Crippen molar-refractivity contribution >= 4 is 23.1 Å². The molecule has 0 saturated carbocycles. The molecule has 3 rings (SSSR count). The van der Waals surface area contributed by atoms with Crippen LogP contribution in [0.4, 0.5) is 17.2 Å². The highest BCUT2D eigenvalue weighted by atomic mass is 16.5. The Hall–Kier alpha value is -3.41. The lowest BCUT2D eigenvalue weighted by atomic mass is 10.1. The number of carbonyl (C=O) groups is 1. The van der Waals surface area contributed by atoms with Gasteiger partial charge in [0.2, 0.25) is 0 Å². The van der Waals surface area contributed by atoms with Crippen LogP contribution in [0.3, 0.4) is 0 Å². The highest BCUT2D eigenvalue weighted by Crippen LogP contribution is 2.26. The molecule has 2 aromatic carbocycles. The lowest BCUT2D eigenvalue weighted by molar-refractivity contribution is 0.102. The summed E-state index contributed by atoms with van der Waals surface area (Å²) in [5, 5.41) is 6.04. The van der Waals surface area contributed by atoms with Crippen LogP contribution >= 0.6 is 0 Å². The van der Waals surface area contributed by atoms with E-state index in [9.17, 15) is 4.79 Å². The molecule has 0 unspecified atom stereocenters. The van der Waals surface area contributed by atoms with E-state index in [2.05, 4.69) is 20.6 Å². The smallest absolute Gasteiger partial charge is 0.275 e. The van der Waals surface area contributed by atoms with Crippen LogP contribution in [-0.4, -0.2) is 22.5 Å². The first kappa shape index (κ1) is 18.4. The molecule has 6 nitrogen and oxygen atoms in total.